The molecule has 0 atom stereocenters. The van der Waals surface area contributed by atoms with Crippen LogP contribution in [0, 0.1) is 6.92 Å². The Morgan fingerprint density at radius 1 is 0.857 bits per heavy atom. The number of fused-ring (bicyclic) bond motifs is 1. The summed E-state index contributed by atoms with van der Waals surface area (Å²) in [7, 11) is 0. The van der Waals surface area contributed by atoms with Gasteiger partial charge in [-0.25, -0.2) is 4.98 Å². The fourth-order valence-electron chi connectivity index (χ4n) is 3.31. The van der Waals surface area contributed by atoms with Crippen LogP contribution < -0.4 is 5.32 Å². The van der Waals surface area contributed by atoms with E-state index >= 15 is 0 Å². The van der Waals surface area contributed by atoms with Crippen LogP contribution in [0.15, 0.2) is 78.9 Å². The highest BCUT2D eigenvalue weighted by molar-refractivity contribution is 5.94. The van der Waals surface area contributed by atoms with Gasteiger partial charge in [0.1, 0.15) is 6.29 Å². The molecule has 1 heterocycles. The number of carbonyl (C=O) groups is 1. The Hall–Kier alpha value is -3.46. The van der Waals surface area contributed by atoms with Gasteiger partial charge >= 0.3 is 0 Å². The summed E-state index contributed by atoms with van der Waals surface area (Å²) in [5.74, 6) is 0. The number of nitrogens with zero attached hydrogens (tertiary/aromatic N) is 1. The topological polar surface area (TPSA) is 42.0 Å². The van der Waals surface area contributed by atoms with Crippen LogP contribution in [0.3, 0.4) is 0 Å². The summed E-state index contributed by atoms with van der Waals surface area (Å²) >= 11 is 0. The Labute approximate surface area is 165 Å². The molecule has 4 aromatic rings. The van der Waals surface area contributed by atoms with Crippen LogP contribution in [0.1, 0.15) is 12.0 Å². The van der Waals surface area contributed by atoms with Crippen LogP contribution in [0.2, 0.25) is 0 Å². The van der Waals surface area contributed by atoms with Gasteiger partial charge in [-0.2, -0.15) is 0 Å². The Balaban J connectivity index is 1.69. The molecule has 4 rings (SSSR count). The molecule has 3 nitrogen and oxygen atoms in total. The molecule has 0 aliphatic carbocycles. The number of carbonyl (C=O) groups excluding carboxylic acids is 1. The second-order valence-corrected chi connectivity index (χ2v) is 6.90. The molecule has 0 amide bonds. The van der Waals surface area contributed by atoms with Crippen molar-refractivity contribution in [2.45, 2.75) is 13.3 Å². The van der Waals surface area contributed by atoms with E-state index in [1.54, 1.807) is 0 Å². The number of nitrogens with one attached hydrogen (secondary N) is 1. The van der Waals surface area contributed by atoms with Gasteiger partial charge in [-0.3, -0.25) is 0 Å². The number of anilines is 1. The van der Waals surface area contributed by atoms with Gasteiger partial charge in [0.2, 0.25) is 0 Å². The first-order chi connectivity index (χ1) is 13.7. The van der Waals surface area contributed by atoms with Gasteiger partial charge in [-0.1, -0.05) is 72.3 Å². The summed E-state index contributed by atoms with van der Waals surface area (Å²) in [6.45, 7) is 2.71. The number of hydrogen-bond donors (Lipinski definition) is 1. The van der Waals surface area contributed by atoms with E-state index in [-0.39, 0.29) is 0 Å². The molecule has 0 saturated carbocycles. The maximum atomic E-state index is 10.7. The number of rotatable bonds is 6. The van der Waals surface area contributed by atoms with E-state index in [9.17, 15) is 4.79 Å². The number of pyridine rings is 1. The van der Waals surface area contributed by atoms with Crippen molar-refractivity contribution >= 4 is 22.9 Å². The molecule has 0 fully saturated rings. The molecule has 28 heavy (non-hydrogen) atoms. The summed E-state index contributed by atoms with van der Waals surface area (Å²) in [5, 5.41) is 4.43. The van der Waals surface area contributed by atoms with Crippen LogP contribution in [-0.2, 0) is 4.79 Å². The largest absolute Gasteiger partial charge is 0.384 e. The van der Waals surface area contributed by atoms with Crippen molar-refractivity contribution in [1.29, 1.82) is 0 Å². The fourth-order valence-corrected chi connectivity index (χ4v) is 3.31. The lowest BCUT2D eigenvalue weighted by atomic mass is 10.0. The molecule has 0 unspecified atom stereocenters. The summed E-state index contributed by atoms with van der Waals surface area (Å²) in [5.41, 5.74) is 7.59. The fraction of sp³-hybridized carbons (Fsp3) is 0.120. The number of aldehydes is 1. The van der Waals surface area contributed by atoms with Gasteiger partial charge < -0.3 is 10.1 Å². The highest BCUT2D eigenvalue weighted by Gasteiger charge is 2.08. The maximum absolute atomic E-state index is 10.7. The molecule has 0 aliphatic rings. The molecule has 1 N–H and O–H groups in total. The van der Waals surface area contributed by atoms with E-state index in [1.807, 2.05) is 18.2 Å². The van der Waals surface area contributed by atoms with Crippen LogP contribution in [0.4, 0.5) is 5.69 Å². The molecular weight excluding hydrogens is 344 g/mol. The van der Waals surface area contributed by atoms with Gasteiger partial charge in [0, 0.05) is 29.6 Å². The summed E-state index contributed by atoms with van der Waals surface area (Å²) in [4.78, 5) is 15.5. The average Bonchev–Trinajstić information content (AvgIpc) is 2.74. The SMILES string of the molecule is Cc1ccc(-c2ccc(-c3cc(NCCC=O)c4ccccc4n3)cc2)cc1. The Kier molecular flexibility index (Phi) is 5.16. The van der Waals surface area contributed by atoms with Gasteiger partial charge in [0.25, 0.3) is 0 Å². The average molecular weight is 366 g/mol. The first kappa shape index (κ1) is 17.9. The number of aromatic nitrogens is 1. The van der Waals surface area contributed by atoms with Crippen molar-refractivity contribution in [2.24, 2.45) is 0 Å². The minimum Gasteiger partial charge on any atom is -0.384 e. The summed E-state index contributed by atoms with van der Waals surface area (Å²) in [6, 6.07) is 27.2. The van der Waals surface area contributed by atoms with Crippen LogP contribution in [0.5, 0.6) is 0 Å². The van der Waals surface area contributed by atoms with Crippen LogP contribution in [0.25, 0.3) is 33.3 Å². The van der Waals surface area contributed by atoms with E-state index in [4.69, 9.17) is 4.98 Å². The third-order valence-electron chi connectivity index (χ3n) is 4.86. The van der Waals surface area contributed by atoms with Gasteiger partial charge in [-0.05, 0) is 30.2 Å². The van der Waals surface area contributed by atoms with Crippen molar-refractivity contribution in [1.82, 2.24) is 4.98 Å². The Morgan fingerprint density at radius 3 is 2.21 bits per heavy atom. The standard InChI is InChI=1S/C25H22N2O/c1-18-7-9-19(10-8-18)20-11-13-21(14-12-20)24-17-25(26-15-4-16-28)22-5-2-3-6-23(22)27-24/h2-3,5-14,16-17H,4,15H2,1H3,(H,26,27). The molecule has 1 aromatic heterocycles. The first-order valence-electron chi connectivity index (χ1n) is 9.49. The van der Waals surface area contributed by atoms with E-state index < -0.39 is 0 Å². The summed E-state index contributed by atoms with van der Waals surface area (Å²) in [6.07, 6.45) is 1.42. The van der Waals surface area contributed by atoms with E-state index in [1.165, 1.54) is 16.7 Å². The van der Waals surface area contributed by atoms with Crippen molar-refractivity contribution in [3.8, 4) is 22.4 Å². The maximum Gasteiger partial charge on any atom is 0.121 e. The lowest BCUT2D eigenvalue weighted by Gasteiger charge is -2.12. The highest BCUT2D eigenvalue weighted by Crippen LogP contribution is 2.30. The third kappa shape index (κ3) is 3.79. The second-order valence-electron chi connectivity index (χ2n) is 6.90. The molecule has 0 spiro atoms. The molecule has 0 bridgehead atoms. The third-order valence-corrected chi connectivity index (χ3v) is 4.86. The molecule has 0 aliphatic heterocycles. The molecule has 0 radical (unpaired) electrons. The number of benzene rings is 3. The zero-order valence-corrected chi connectivity index (χ0v) is 15.9. The van der Waals surface area contributed by atoms with E-state index in [0.717, 1.165) is 34.1 Å². The van der Waals surface area contributed by atoms with Crippen molar-refractivity contribution in [3.63, 3.8) is 0 Å². The number of hydrogen-bond acceptors (Lipinski definition) is 3. The number of aryl methyl sites for hydroxylation is 1. The Bertz CT molecular complexity index is 1100. The number of para-hydroxylation sites is 1. The predicted octanol–water partition coefficient (Wildman–Crippen LogP) is 5.88. The van der Waals surface area contributed by atoms with Crippen molar-refractivity contribution in [3.05, 3.63) is 84.4 Å². The zero-order valence-electron chi connectivity index (χ0n) is 15.9. The van der Waals surface area contributed by atoms with Crippen LogP contribution in [-0.4, -0.2) is 17.8 Å². The normalized spacial score (nSPS) is 10.8. The lowest BCUT2D eigenvalue weighted by molar-refractivity contribution is -0.107. The molecule has 3 heteroatoms. The molecular formula is C25H22N2O. The minimum absolute atomic E-state index is 0.483. The molecule has 138 valence electrons. The predicted molar refractivity (Wildman–Crippen MR) is 117 cm³/mol. The molecule has 3 aromatic carbocycles. The highest BCUT2D eigenvalue weighted by atomic mass is 16.1. The molecule has 0 saturated heterocycles. The smallest absolute Gasteiger partial charge is 0.121 e. The lowest BCUT2D eigenvalue weighted by Crippen LogP contribution is -2.03. The van der Waals surface area contributed by atoms with Crippen LogP contribution >= 0.6 is 0 Å². The second kappa shape index (κ2) is 8.05. The van der Waals surface area contributed by atoms with Gasteiger partial charge in [0.15, 0.2) is 0 Å². The summed E-state index contributed by atoms with van der Waals surface area (Å²) < 4.78 is 0. The van der Waals surface area contributed by atoms with Gasteiger partial charge in [-0.15, -0.1) is 0 Å². The quantitative estimate of drug-likeness (QED) is 0.342. The van der Waals surface area contributed by atoms with Crippen molar-refractivity contribution in [2.75, 3.05) is 11.9 Å². The zero-order chi connectivity index (χ0) is 19.3. The van der Waals surface area contributed by atoms with Crippen molar-refractivity contribution < 1.29 is 4.79 Å². The van der Waals surface area contributed by atoms with E-state index in [2.05, 4.69) is 72.9 Å². The van der Waals surface area contributed by atoms with Gasteiger partial charge in [0.05, 0.1) is 11.2 Å². The first-order valence-corrected chi connectivity index (χ1v) is 9.49. The Morgan fingerprint density at radius 2 is 1.50 bits per heavy atom. The monoisotopic (exact) mass is 366 g/mol. The minimum atomic E-state index is 0.483. The van der Waals surface area contributed by atoms with E-state index in [0.29, 0.717) is 13.0 Å².